The molecule has 4 nitrogen and oxygen atoms in total. The van der Waals surface area contributed by atoms with Crippen molar-refractivity contribution in [3.8, 4) is 0 Å². The Morgan fingerprint density at radius 3 is 2.40 bits per heavy atom. The van der Waals surface area contributed by atoms with Gasteiger partial charge in [0.1, 0.15) is 5.57 Å². The molecule has 0 atom stereocenters. The third-order valence-corrected chi connectivity index (χ3v) is 4.76. The molecule has 1 heterocycles. The van der Waals surface area contributed by atoms with Gasteiger partial charge in [0.05, 0.1) is 0 Å². The van der Waals surface area contributed by atoms with Crippen LogP contribution in [0.15, 0.2) is 52.5 Å². The fourth-order valence-electron chi connectivity index (χ4n) is 2.47. The van der Waals surface area contributed by atoms with Crippen molar-refractivity contribution < 1.29 is 9.59 Å². The highest BCUT2D eigenvalue weighted by Gasteiger charge is 2.26. The van der Waals surface area contributed by atoms with Gasteiger partial charge in [-0.2, -0.15) is 0 Å². The minimum absolute atomic E-state index is 0.00658. The van der Waals surface area contributed by atoms with E-state index in [4.69, 9.17) is 23.8 Å². The van der Waals surface area contributed by atoms with Crippen LogP contribution in [0.3, 0.4) is 0 Å². The van der Waals surface area contributed by atoms with E-state index in [9.17, 15) is 9.59 Å². The van der Waals surface area contributed by atoms with Crippen molar-refractivity contribution >= 4 is 62.8 Å². The summed E-state index contributed by atoms with van der Waals surface area (Å²) in [5.74, 6) is -1.03. The first-order chi connectivity index (χ1) is 11.9. The normalized spacial score (nSPS) is 14.2. The molecule has 126 valence electrons. The highest BCUT2D eigenvalue weighted by atomic mass is 79.9. The first kappa shape index (κ1) is 17.8. The molecule has 1 fully saturated rings. The van der Waals surface area contributed by atoms with Crippen molar-refractivity contribution in [2.45, 2.75) is 6.42 Å². The largest absolute Gasteiger partial charge is 0.299 e. The van der Waals surface area contributed by atoms with Crippen LogP contribution in [0, 0.1) is 0 Å². The van der Waals surface area contributed by atoms with Gasteiger partial charge in [-0.3, -0.25) is 20.2 Å². The zero-order valence-corrected chi connectivity index (χ0v) is 16.0. The van der Waals surface area contributed by atoms with E-state index in [0.717, 1.165) is 21.2 Å². The van der Waals surface area contributed by atoms with E-state index in [1.807, 2.05) is 42.5 Å². The van der Waals surface area contributed by atoms with Crippen LogP contribution in [0.25, 0.3) is 6.08 Å². The second-order valence-corrected chi connectivity index (χ2v) is 7.14. The van der Waals surface area contributed by atoms with Crippen LogP contribution in [0.1, 0.15) is 16.7 Å². The molecule has 7 heteroatoms. The summed E-state index contributed by atoms with van der Waals surface area (Å²) >= 11 is 14.5. The van der Waals surface area contributed by atoms with E-state index in [1.54, 1.807) is 6.08 Å². The maximum Gasteiger partial charge on any atom is 0.263 e. The summed E-state index contributed by atoms with van der Waals surface area (Å²) in [6.45, 7) is 0. The second-order valence-electron chi connectivity index (χ2n) is 5.41. The highest BCUT2D eigenvalue weighted by Crippen LogP contribution is 2.25. The molecular formula is C18H12BrClN2O2S. The molecule has 2 amide bonds. The molecule has 1 aliphatic heterocycles. The second kappa shape index (κ2) is 7.47. The number of benzene rings is 2. The van der Waals surface area contributed by atoms with Gasteiger partial charge in [-0.25, -0.2) is 0 Å². The molecule has 1 saturated heterocycles. The fourth-order valence-corrected chi connectivity index (χ4v) is 3.24. The minimum Gasteiger partial charge on any atom is -0.299 e. The number of amides is 2. The molecule has 2 N–H and O–H groups in total. The van der Waals surface area contributed by atoms with Crippen LogP contribution < -0.4 is 10.6 Å². The van der Waals surface area contributed by atoms with Crippen molar-refractivity contribution in [2.24, 2.45) is 0 Å². The van der Waals surface area contributed by atoms with Gasteiger partial charge in [0.2, 0.25) is 0 Å². The molecule has 0 spiro atoms. The zero-order valence-electron chi connectivity index (χ0n) is 12.8. The molecule has 0 unspecified atom stereocenters. The predicted octanol–water partition coefficient (Wildman–Crippen LogP) is 3.61. The van der Waals surface area contributed by atoms with Crippen molar-refractivity contribution in [1.29, 1.82) is 0 Å². The number of hydrogen-bond acceptors (Lipinski definition) is 3. The number of hydrogen-bond donors (Lipinski definition) is 2. The van der Waals surface area contributed by atoms with Gasteiger partial charge in [0.25, 0.3) is 11.8 Å². The molecule has 3 rings (SSSR count). The van der Waals surface area contributed by atoms with Gasteiger partial charge >= 0.3 is 0 Å². The molecule has 0 radical (unpaired) electrons. The minimum atomic E-state index is -0.516. The van der Waals surface area contributed by atoms with Gasteiger partial charge in [-0.1, -0.05) is 51.8 Å². The number of thiocarbonyl (C=S) groups is 1. The van der Waals surface area contributed by atoms with Crippen molar-refractivity contribution in [2.75, 3.05) is 0 Å². The van der Waals surface area contributed by atoms with Gasteiger partial charge in [-0.05, 0) is 59.6 Å². The molecule has 1 aliphatic rings. The average Bonchev–Trinajstić information content (AvgIpc) is 2.55. The first-order valence-electron chi connectivity index (χ1n) is 7.34. The SMILES string of the molecule is O=C1NC(=S)NC(=O)C1=Cc1cc(Br)ccc1Cc1ccccc1Cl. The first-order valence-corrected chi connectivity index (χ1v) is 8.92. The number of halogens is 2. The summed E-state index contributed by atoms with van der Waals surface area (Å²) in [6, 6.07) is 13.3. The lowest BCUT2D eigenvalue weighted by Crippen LogP contribution is -2.51. The maximum absolute atomic E-state index is 12.1. The Labute approximate surface area is 163 Å². The van der Waals surface area contributed by atoms with Crippen molar-refractivity contribution in [3.05, 3.63) is 74.2 Å². The van der Waals surface area contributed by atoms with Gasteiger partial charge in [0, 0.05) is 9.50 Å². The Kier molecular flexibility index (Phi) is 5.32. The third-order valence-electron chi connectivity index (χ3n) is 3.69. The van der Waals surface area contributed by atoms with E-state index in [2.05, 4.69) is 26.6 Å². The number of carbonyl (C=O) groups excluding carboxylic acids is 2. The number of rotatable bonds is 3. The summed E-state index contributed by atoms with van der Waals surface area (Å²) in [5.41, 5.74) is 2.66. The predicted molar refractivity (Wildman–Crippen MR) is 105 cm³/mol. The summed E-state index contributed by atoms with van der Waals surface area (Å²) in [6.07, 6.45) is 2.14. The summed E-state index contributed by atoms with van der Waals surface area (Å²) in [7, 11) is 0. The van der Waals surface area contributed by atoms with Crippen LogP contribution in [0.4, 0.5) is 0 Å². The van der Waals surface area contributed by atoms with Crippen LogP contribution in [0.5, 0.6) is 0 Å². The Hall–Kier alpha value is -2.02. The molecule has 0 aromatic heterocycles. The average molecular weight is 436 g/mol. The Morgan fingerprint density at radius 2 is 1.72 bits per heavy atom. The van der Waals surface area contributed by atoms with Crippen molar-refractivity contribution in [1.82, 2.24) is 10.6 Å². The van der Waals surface area contributed by atoms with E-state index < -0.39 is 11.8 Å². The topological polar surface area (TPSA) is 58.2 Å². The van der Waals surface area contributed by atoms with E-state index in [1.165, 1.54) is 0 Å². The smallest absolute Gasteiger partial charge is 0.263 e. The maximum atomic E-state index is 12.1. The van der Waals surface area contributed by atoms with Crippen LogP contribution in [0.2, 0.25) is 5.02 Å². The van der Waals surface area contributed by atoms with E-state index in [0.29, 0.717) is 11.4 Å². The summed E-state index contributed by atoms with van der Waals surface area (Å²) in [4.78, 5) is 24.1. The summed E-state index contributed by atoms with van der Waals surface area (Å²) in [5, 5.41) is 5.55. The van der Waals surface area contributed by atoms with E-state index >= 15 is 0 Å². The van der Waals surface area contributed by atoms with Crippen LogP contribution in [-0.2, 0) is 16.0 Å². The Morgan fingerprint density at radius 1 is 1.04 bits per heavy atom. The molecule has 0 saturated carbocycles. The molecule has 25 heavy (non-hydrogen) atoms. The standard InChI is InChI=1S/C18H12BrClN2O2S/c19-13-6-5-10(7-11-3-1-2-4-15(11)20)12(8-13)9-14-16(23)21-18(25)22-17(14)24/h1-6,8-9H,7H2,(H2,21,22,23,24,25). The molecule has 0 aliphatic carbocycles. The lowest BCUT2D eigenvalue weighted by atomic mass is 9.97. The van der Waals surface area contributed by atoms with Gasteiger partial charge in [-0.15, -0.1) is 0 Å². The van der Waals surface area contributed by atoms with Crippen molar-refractivity contribution in [3.63, 3.8) is 0 Å². The van der Waals surface area contributed by atoms with Crippen LogP contribution >= 0.6 is 39.7 Å². The lowest BCUT2D eigenvalue weighted by molar-refractivity contribution is -0.123. The van der Waals surface area contributed by atoms with E-state index in [-0.39, 0.29) is 10.7 Å². The molecule has 2 aromatic rings. The number of nitrogens with one attached hydrogen (secondary N) is 2. The quantitative estimate of drug-likeness (QED) is 0.440. The fraction of sp³-hybridized carbons (Fsp3) is 0.0556. The lowest BCUT2D eigenvalue weighted by Gasteiger charge is -2.17. The zero-order chi connectivity index (χ0) is 18.0. The number of carbonyl (C=O) groups is 2. The van der Waals surface area contributed by atoms with Gasteiger partial charge in [0.15, 0.2) is 5.11 Å². The molecule has 0 bridgehead atoms. The molecule has 2 aromatic carbocycles. The summed E-state index contributed by atoms with van der Waals surface area (Å²) < 4.78 is 0.842. The van der Waals surface area contributed by atoms with Crippen LogP contribution in [-0.4, -0.2) is 16.9 Å². The Balaban J connectivity index is 2.01. The third kappa shape index (κ3) is 4.15. The Bertz CT molecular complexity index is 905. The highest BCUT2D eigenvalue weighted by molar-refractivity contribution is 9.10. The molecular weight excluding hydrogens is 424 g/mol. The monoisotopic (exact) mass is 434 g/mol. The van der Waals surface area contributed by atoms with Gasteiger partial charge < -0.3 is 0 Å².